The molecule has 6 heteroatoms. The first-order chi connectivity index (χ1) is 7.49. The summed E-state index contributed by atoms with van der Waals surface area (Å²) < 4.78 is 4.82. The number of nitrogens with one attached hydrogen (secondary N) is 1. The van der Waals surface area contributed by atoms with Crippen molar-refractivity contribution in [2.24, 2.45) is 0 Å². The van der Waals surface area contributed by atoms with Crippen LogP contribution in [0.1, 0.15) is 19.6 Å². The molecule has 1 rings (SSSR count). The molecule has 0 saturated carbocycles. The number of aliphatic hydroxyl groups excluding tert-OH is 1. The summed E-state index contributed by atoms with van der Waals surface area (Å²) >= 11 is 1.40. The SMILES string of the molecule is Cc1cc(NC(=O)CSC(C)C(C)O)no1. The first kappa shape index (κ1) is 13.1. The van der Waals surface area contributed by atoms with E-state index in [-0.39, 0.29) is 16.9 Å². The molecule has 0 radical (unpaired) electrons. The lowest BCUT2D eigenvalue weighted by molar-refractivity contribution is -0.113. The third-order valence-corrected chi connectivity index (χ3v) is 3.40. The van der Waals surface area contributed by atoms with E-state index in [1.54, 1.807) is 19.9 Å². The van der Waals surface area contributed by atoms with E-state index in [9.17, 15) is 9.90 Å². The predicted octanol–water partition coefficient (Wildman–Crippen LogP) is 1.42. The first-order valence-electron chi connectivity index (χ1n) is 5.02. The number of aryl methyl sites for hydroxylation is 1. The summed E-state index contributed by atoms with van der Waals surface area (Å²) in [5, 5.41) is 15.5. The van der Waals surface area contributed by atoms with Crippen molar-refractivity contribution in [3.8, 4) is 0 Å². The van der Waals surface area contributed by atoms with Crippen molar-refractivity contribution in [3.63, 3.8) is 0 Å². The number of aliphatic hydroxyl groups is 1. The fourth-order valence-corrected chi connectivity index (χ4v) is 1.72. The van der Waals surface area contributed by atoms with Crippen molar-refractivity contribution < 1.29 is 14.4 Å². The summed E-state index contributed by atoms with van der Waals surface area (Å²) in [6.45, 7) is 5.34. The molecule has 0 aromatic carbocycles. The fraction of sp³-hybridized carbons (Fsp3) is 0.600. The number of amides is 1. The molecule has 0 aliphatic carbocycles. The van der Waals surface area contributed by atoms with Gasteiger partial charge in [0.05, 0.1) is 11.9 Å². The predicted molar refractivity (Wildman–Crippen MR) is 63.5 cm³/mol. The zero-order chi connectivity index (χ0) is 12.1. The number of carbonyl (C=O) groups excluding carboxylic acids is 1. The highest BCUT2D eigenvalue weighted by atomic mass is 32.2. The van der Waals surface area contributed by atoms with Crippen molar-refractivity contribution in [1.29, 1.82) is 0 Å². The van der Waals surface area contributed by atoms with E-state index in [2.05, 4.69) is 10.5 Å². The smallest absolute Gasteiger partial charge is 0.235 e. The Morgan fingerprint density at radius 2 is 2.38 bits per heavy atom. The molecule has 1 aromatic rings. The second kappa shape index (κ2) is 5.91. The number of hydrogen-bond acceptors (Lipinski definition) is 5. The van der Waals surface area contributed by atoms with Gasteiger partial charge in [0.2, 0.25) is 5.91 Å². The quantitative estimate of drug-likeness (QED) is 0.819. The first-order valence-corrected chi connectivity index (χ1v) is 6.06. The molecule has 5 nitrogen and oxygen atoms in total. The number of hydrogen-bond donors (Lipinski definition) is 2. The number of anilines is 1. The van der Waals surface area contributed by atoms with Crippen LogP contribution in [0.4, 0.5) is 5.82 Å². The van der Waals surface area contributed by atoms with E-state index < -0.39 is 6.10 Å². The number of aromatic nitrogens is 1. The molecule has 1 heterocycles. The van der Waals surface area contributed by atoms with Crippen LogP contribution in [0.15, 0.2) is 10.6 Å². The molecule has 0 spiro atoms. The zero-order valence-corrected chi connectivity index (χ0v) is 10.4. The van der Waals surface area contributed by atoms with E-state index >= 15 is 0 Å². The molecule has 0 fully saturated rings. The van der Waals surface area contributed by atoms with Gasteiger partial charge in [0.1, 0.15) is 5.76 Å². The molecular formula is C10H16N2O3S. The monoisotopic (exact) mass is 244 g/mol. The van der Waals surface area contributed by atoms with E-state index in [0.717, 1.165) is 0 Å². The van der Waals surface area contributed by atoms with Gasteiger partial charge >= 0.3 is 0 Å². The van der Waals surface area contributed by atoms with E-state index in [1.165, 1.54) is 11.8 Å². The highest BCUT2D eigenvalue weighted by molar-refractivity contribution is 8.00. The Kier molecular flexibility index (Phi) is 4.82. The maximum Gasteiger partial charge on any atom is 0.235 e. The summed E-state index contributed by atoms with van der Waals surface area (Å²) in [4.78, 5) is 11.5. The molecule has 2 N–H and O–H groups in total. The molecule has 1 amide bonds. The van der Waals surface area contributed by atoms with Gasteiger partial charge in [0, 0.05) is 11.3 Å². The molecule has 2 atom stereocenters. The third-order valence-electron chi connectivity index (χ3n) is 2.05. The molecular weight excluding hydrogens is 228 g/mol. The van der Waals surface area contributed by atoms with Crippen LogP contribution in [-0.4, -0.2) is 33.3 Å². The van der Waals surface area contributed by atoms with Crippen LogP contribution in [0.2, 0.25) is 0 Å². The molecule has 0 bridgehead atoms. The van der Waals surface area contributed by atoms with Gasteiger partial charge < -0.3 is 14.9 Å². The Labute approximate surface area is 98.6 Å². The third kappa shape index (κ3) is 4.24. The highest BCUT2D eigenvalue weighted by Crippen LogP contribution is 2.14. The number of rotatable bonds is 5. The van der Waals surface area contributed by atoms with E-state index in [0.29, 0.717) is 11.6 Å². The Bertz CT molecular complexity index is 352. The van der Waals surface area contributed by atoms with Gasteiger partial charge in [-0.15, -0.1) is 11.8 Å². The average Bonchev–Trinajstić information content (AvgIpc) is 2.60. The van der Waals surface area contributed by atoms with Crippen LogP contribution in [0.3, 0.4) is 0 Å². The average molecular weight is 244 g/mol. The van der Waals surface area contributed by atoms with Crippen LogP contribution in [-0.2, 0) is 4.79 Å². The van der Waals surface area contributed by atoms with Crippen molar-refractivity contribution >= 4 is 23.5 Å². The normalized spacial score (nSPS) is 14.5. The summed E-state index contributed by atoms with van der Waals surface area (Å²) in [6, 6.07) is 1.65. The zero-order valence-electron chi connectivity index (χ0n) is 9.56. The standard InChI is InChI=1S/C10H16N2O3S/c1-6-4-9(12-15-6)11-10(14)5-16-8(3)7(2)13/h4,7-8,13H,5H2,1-3H3,(H,11,12,14). The van der Waals surface area contributed by atoms with Crippen molar-refractivity contribution in [2.75, 3.05) is 11.1 Å². The minimum Gasteiger partial charge on any atom is -0.392 e. The molecule has 0 aliphatic rings. The summed E-state index contributed by atoms with van der Waals surface area (Å²) in [5.74, 6) is 1.22. The van der Waals surface area contributed by atoms with Gasteiger partial charge in [0.25, 0.3) is 0 Å². The van der Waals surface area contributed by atoms with E-state index in [1.807, 2.05) is 6.92 Å². The van der Waals surface area contributed by atoms with Crippen LogP contribution in [0, 0.1) is 6.92 Å². The van der Waals surface area contributed by atoms with Gasteiger partial charge in [-0.2, -0.15) is 0 Å². The van der Waals surface area contributed by atoms with Gasteiger partial charge in [-0.3, -0.25) is 4.79 Å². The van der Waals surface area contributed by atoms with Crippen LogP contribution < -0.4 is 5.32 Å². The number of carbonyl (C=O) groups is 1. The molecule has 0 aliphatic heterocycles. The van der Waals surface area contributed by atoms with Gasteiger partial charge in [0.15, 0.2) is 5.82 Å². The van der Waals surface area contributed by atoms with Crippen molar-refractivity contribution in [2.45, 2.75) is 32.1 Å². The summed E-state index contributed by atoms with van der Waals surface area (Å²) in [6.07, 6.45) is -0.424. The maximum absolute atomic E-state index is 11.5. The van der Waals surface area contributed by atoms with Gasteiger partial charge in [-0.05, 0) is 13.8 Å². The number of thioether (sulfide) groups is 1. The molecule has 1 aromatic heterocycles. The van der Waals surface area contributed by atoms with Gasteiger partial charge in [-0.25, -0.2) is 0 Å². The molecule has 90 valence electrons. The number of nitrogens with zero attached hydrogens (tertiary/aromatic N) is 1. The molecule has 0 saturated heterocycles. The van der Waals surface area contributed by atoms with Crippen LogP contribution in [0.5, 0.6) is 0 Å². The lowest BCUT2D eigenvalue weighted by atomic mass is 10.3. The van der Waals surface area contributed by atoms with Crippen molar-refractivity contribution in [1.82, 2.24) is 5.16 Å². The minimum absolute atomic E-state index is 0.0322. The minimum atomic E-state index is -0.424. The highest BCUT2D eigenvalue weighted by Gasteiger charge is 2.12. The van der Waals surface area contributed by atoms with E-state index in [4.69, 9.17) is 4.52 Å². The largest absolute Gasteiger partial charge is 0.392 e. The van der Waals surface area contributed by atoms with Gasteiger partial charge in [-0.1, -0.05) is 12.1 Å². The van der Waals surface area contributed by atoms with Crippen molar-refractivity contribution in [3.05, 3.63) is 11.8 Å². The topological polar surface area (TPSA) is 75.4 Å². The Balaban J connectivity index is 2.31. The summed E-state index contributed by atoms with van der Waals surface area (Å²) in [7, 11) is 0. The molecule has 16 heavy (non-hydrogen) atoms. The maximum atomic E-state index is 11.5. The Morgan fingerprint density at radius 1 is 1.69 bits per heavy atom. The lowest BCUT2D eigenvalue weighted by Gasteiger charge is -2.13. The Morgan fingerprint density at radius 3 is 2.88 bits per heavy atom. The second-order valence-corrected chi connectivity index (χ2v) is 4.99. The van der Waals surface area contributed by atoms with Crippen LogP contribution in [0.25, 0.3) is 0 Å². The second-order valence-electron chi connectivity index (χ2n) is 3.63. The summed E-state index contributed by atoms with van der Waals surface area (Å²) in [5.41, 5.74) is 0. The molecule has 2 unspecified atom stereocenters. The fourth-order valence-electron chi connectivity index (χ4n) is 0.951. The lowest BCUT2D eigenvalue weighted by Crippen LogP contribution is -2.20. The Hall–Kier alpha value is -1.01. The van der Waals surface area contributed by atoms with Crippen LogP contribution >= 0.6 is 11.8 Å².